The monoisotopic (exact) mass is 236 g/mol. The van der Waals surface area contributed by atoms with Gasteiger partial charge in [0.2, 0.25) is 5.91 Å². The molecule has 1 aromatic rings. The number of aryl methyl sites for hydroxylation is 1. The zero-order chi connectivity index (χ0) is 12.4. The second-order valence-corrected chi connectivity index (χ2v) is 5.00. The third-order valence-corrected chi connectivity index (χ3v) is 3.32. The second-order valence-electron chi connectivity index (χ2n) is 5.00. The van der Waals surface area contributed by atoms with Crippen LogP contribution >= 0.6 is 0 Å². The van der Waals surface area contributed by atoms with Crippen LogP contribution in [0.1, 0.15) is 45.0 Å². The van der Waals surface area contributed by atoms with E-state index in [2.05, 4.69) is 10.2 Å². The van der Waals surface area contributed by atoms with E-state index in [0.717, 1.165) is 31.6 Å². The number of nitrogens with zero attached hydrogens (tertiary/aromatic N) is 4. The van der Waals surface area contributed by atoms with E-state index < -0.39 is 0 Å². The fourth-order valence-corrected chi connectivity index (χ4v) is 2.39. The van der Waals surface area contributed by atoms with Crippen LogP contribution in [-0.4, -0.2) is 32.1 Å². The van der Waals surface area contributed by atoms with Gasteiger partial charge in [-0.3, -0.25) is 4.79 Å². The highest BCUT2D eigenvalue weighted by molar-refractivity contribution is 5.78. The van der Waals surface area contributed by atoms with Gasteiger partial charge in [0, 0.05) is 19.5 Å². The SMILES string of the molecule is CC(C)C(=O)N1CCCC[C@@H]1c1nncn1C. The normalized spacial score (nSPS) is 20.9. The fourth-order valence-electron chi connectivity index (χ4n) is 2.39. The van der Waals surface area contributed by atoms with Crippen LogP contribution in [0.3, 0.4) is 0 Å². The molecule has 0 spiro atoms. The summed E-state index contributed by atoms with van der Waals surface area (Å²) in [5, 5.41) is 8.06. The molecule has 5 heteroatoms. The van der Waals surface area contributed by atoms with Crippen molar-refractivity contribution in [3.05, 3.63) is 12.2 Å². The van der Waals surface area contributed by atoms with Crippen molar-refractivity contribution in [3.8, 4) is 0 Å². The van der Waals surface area contributed by atoms with E-state index in [1.54, 1.807) is 6.33 Å². The van der Waals surface area contributed by atoms with Crippen molar-refractivity contribution in [3.63, 3.8) is 0 Å². The van der Waals surface area contributed by atoms with E-state index in [1.807, 2.05) is 30.4 Å². The Morgan fingerprint density at radius 1 is 1.47 bits per heavy atom. The first-order chi connectivity index (χ1) is 8.11. The maximum atomic E-state index is 12.2. The van der Waals surface area contributed by atoms with Gasteiger partial charge in [0.15, 0.2) is 5.82 Å². The molecule has 2 rings (SSSR count). The molecule has 2 heterocycles. The first-order valence-electron chi connectivity index (χ1n) is 6.25. The Kier molecular flexibility index (Phi) is 3.45. The molecule has 1 fully saturated rings. The zero-order valence-electron chi connectivity index (χ0n) is 10.8. The highest BCUT2D eigenvalue weighted by Crippen LogP contribution is 2.30. The van der Waals surface area contributed by atoms with Crippen molar-refractivity contribution < 1.29 is 4.79 Å². The topological polar surface area (TPSA) is 51.0 Å². The minimum absolute atomic E-state index is 0.0452. The Morgan fingerprint density at radius 2 is 2.24 bits per heavy atom. The molecule has 0 N–H and O–H groups in total. The van der Waals surface area contributed by atoms with Crippen molar-refractivity contribution in [2.45, 2.75) is 39.2 Å². The van der Waals surface area contributed by atoms with Gasteiger partial charge in [-0.1, -0.05) is 13.8 Å². The first kappa shape index (κ1) is 12.1. The number of likely N-dealkylation sites (tertiary alicyclic amines) is 1. The number of hydrogen-bond acceptors (Lipinski definition) is 3. The van der Waals surface area contributed by atoms with Crippen LogP contribution in [0.5, 0.6) is 0 Å². The summed E-state index contributed by atoms with van der Waals surface area (Å²) in [7, 11) is 1.93. The Hall–Kier alpha value is -1.39. The number of piperidine rings is 1. The Labute approximate surface area is 102 Å². The van der Waals surface area contributed by atoms with E-state index >= 15 is 0 Å². The predicted molar refractivity (Wildman–Crippen MR) is 64.1 cm³/mol. The number of carbonyl (C=O) groups excluding carboxylic acids is 1. The average molecular weight is 236 g/mol. The third-order valence-electron chi connectivity index (χ3n) is 3.32. The van der Waals surface area contributed by atoms with Crippen molar-refractivity contribution in [2.75, 3.05) is 6.54 Å². The van der Waals surface area contributed by atoms with Crippen molar-refractivity contribution in [1.82, 2.24) is 19.7 Å². The third kappa shape index (κ3) is 2.33. The van der Waals surface area contributed by atoms with E-state index in [4.69, 9.17) is 0 Å². The Morgan fingerprint density at radius 3 is 2.82 bits per heavy atom. The van der Waals surface area contributed by atoms with E-state index in [1.165, 1.54) is 0 Å². The predicted octanol–water partition coefficient (Wildman–Crippen LogP) is 1.52. The second kappa shape index (κ2) is 4.85. The molecule has 1 atom stereocenters. The summed E-state index contributed by atoms with van der Waals surface area (Å²) in [5.74, 6) is 1.17. The van der Waals surface area contributed by atoms with Gasteiger partial charge in [-0.05, 0) is 19.3 Å². The summed E-state index contributed by atoms with van der Waals surface area (Å²) >= 11 is 0. The fraction of sp³-hybridized carbons (Fsp3) is 0.750. The smallest absolute Gasteiger partial charge is 0.225 e. The highest BCUT2D eigenvalue weighted by Gasteiger charge is 2.31. The van der Waals surface area contributed by atoms with E-state index in [9.17, 15) is 4.79 Å². The molecule has 0 unspecified atom stereocenters. The van der Waals surface area contributed by atoms with Gasteiger partial charge in [0.05, 0.1) is 6.04 Å². The molecule has 0 bridgehead atoms. The first-order valence-corrected chi connectivity index (χ1v) is 6.25. The number of aromatic nitrogens is 3. The lowest BCUT2D eigenvalue weighted by Gasteiger charge is -2.36. The number of amides is 1. The van der Waals surface area contributed by atoms with Crippen LogP contribution in [0, 0.1) is 5.92 Å². The van der Waals surface area contributed by atoms with Crippen molar-refractivity contribution in [2.24, 2.45) is 13.0 Å². The minimum atomic E-state index is 0.0452. The zero-order valence-corrected chi connectivity index (χ0v) is 10.8. The molecule has 94 valence electrons. The molecular formula is C12H20N4O. The van der Waals surface area contributed by atoms with Gasteiger partial charge in [0.25, 0.3) is 0 Å². The molecule has 0 saturated carbocycles. The van der Waals surface area contributed by atoms with Crippen molar-refractivity contribution >= 4 is 5.91 Å². The maximum Gasteiger partial charge on any atom is 0.225 e. The molecule has 17 heavy (non-hydrogen) atoms. The van der Waals surface area contributed by atoms with Gasteiger partial charge in [-0.25, -0.2) is 0 Å². The minimum Gasteiger partial charge on any atom is -0.332 e. The quantitative estimate of drug-likeness (QED) is 0.782. The summed E-state index contributed by atoms with van der Waals surface area (Å²) in [4.78, 5) is 14.2. The number of hydrogen-bond donors (Lipinski definition) is 0. The van der Waals surface area contributed by atoms with E-state index in [-0.39, 0.29) is 17.9 Å². The summed E-state index contributed by atoms with van der Waals surface area (Å²) in [5.41, 5.74) is 0. The lowest BCUT2D eigenvalue weighted by molar-refractivity contribution is -0.138. The lowest BCUT2D eigenvalue weighted by Crippen LogP contribution is -2.41. The maximum absolute atomic E-state index is 12.2. The standard InChI is InChI=1S/C12H20N4O/c1-9(2)12(17)16-7-5-4-6-10(16)11-14-13-8-15(11)3/h8-10H,4-7H2,1-3H3/t10-/m1/s1. The Bertz CT molecular complexity index is 399. The van der Waals surface area contributed by atoms with Crippen LogP contribution < -0.4 is 0 Å². The number of carbonyl (C=O) groups is 1. The van der Waals surface area contributed by atoms with Gasteiger partial charge in [0.1, 0.15) is 6.33 Å². The molecule has 1 aliphatic heterocycles. The molecule has 0 aliphatic carbocycles. The Balaban J connectivity index is 2.24. The van der Waals surface area contributed by atoms with E-state index in [0.29, 0.717) is 0 Å². The molecule has 1 amide bonds. The van der Waals surface area contributed by atoms with Gasteiger partial charge < -0.3 is 9.47 Å². The van der Waals surface area contributed by atoms with Crippen LogP contribution in [-0.2, 0) is 11.8 Å². The van der Waals surface area contributed by atoms with Gasteiger partial charge in [-0.15, -0.1) is 10.2 Å². The van der Waals surface area contributed by atoms with Crippen LogP contribution in [0.25, 0.3) is 0 Å². The molecule has 1 aromatic heterocycles. The summed E-state index contributed by atoms with van der Waals surface area (Å²) in [6, 6.07) is 0.103. The highest BCUT2D eigenvalue weighted by atomic mass is 16.2. The van der Waals surface area contributed by atoms with Gasteiger partial charge >= 0.3 is 0 Å². The summed E-state index contributed by atoms with van der Waals surface area (Å²) in [6.07, 6.45) is 4.93. The molecule has 0 radical (unpaired) electrons. The molecule has 1 saturated heterocycles. The van der Waals surface area contributed by atoms with Gasteiger partial charge in [-0.2, -0.15) is 0 Å². The molecule has 0 aromatic carbocycles. The number of rotatable bonds is 2. The van der Waals surface area contributed by atoms with Crippen LogP contribution in [0.4, 0.5) is 0 Å². The van der Waals surface area contributed by atoms with Crippen molar-refractivity contribution in [1.29, 1.82) is 0 Å². The van der Waals surface area contributed by atoms with Crippen LogP contribution in [0.2, 0.25) is 0 Å². The summed E-state index contributed by atoms with van der Waals surface area (Å²) in [6.45, 7) is 4.74. The molecule has 1 aliphatic rings. The molecular weight excluding hydrogens is 216 g/mol. The average Bonchev–Trinajstić information content (AvgIpc) is 2.74. The largest absolute Gasteiger partial charge is 0.332 e. The summed E-state index contributed by atoms with van der Waals surface area (Å²) < 4.78 is 1.91. The molecule has 5 nitrogen and oxygen atoms in total. The van der Waals surface area contributed by atoms with Crippen LogP contribution in [0.15, 0.2) is 6.33 Å². The lowest BCUT2D eigenvalue weighted by atomic mass is 9.99.